The Morgan fingerprint density at radius 3 is 2.67 bits per heavy atom. The van der Waals surface area contributed by atoms with Gasteiger partial charge in [-0.05, 0) is 47.0 Å². The summed E-state index contributed by atoms with van der Waals surface area (Å²) < 4.78 is 5.61. The maximum atomic E-state index is 11.4. The number of esters is 1. The van der Waals surface area contributed by atoms with Crippen molar-refractivity contribution in [2.75, 3.05) is 12.4 Å². The lowest BCUT2D eigenvalue weighted by atomic mass is 9.95. The lowest BCUT2D eigenvalue weighted by Gasteiger charge is -2.24. The molecule has 0 aliphatic heterocycles. The first-order valence-corrected chi connectivity index (χ1v) is 7.14. The number of halogens is 1. The Morgan fingerprint density at radius 1 is 1.33 bits per heavy atom. The average Bonchev–Trinajstić information content (AvgIpc) is 2.41. The topological polar surface area (TPSA) is 38.3 Å². The third-order valence-corrected chi connectivity index (χ3v) is 4.01. The first-order chi connectivity index (χ1) is 8.70. The van der Waals surface area contributed by atoms with E-state index in [1.54, 1.807) is 12.1 Å². The molecule has 1 saturated carbocycles. The summed E-state index contributed by atoms with van der Waals surface area (Å²) in [5, 5.41) is 3.53. The first kappa shape index (κ1) is 13.4. The lowest BCUT2D eigenvalue weighted by Crippen LogP contribution is -2.22. The minimum atomic E-state index is -0.306. The van der Waals surface area contributed by atoms with Crippen molar-refractivity contribution in [3.05, 3.63) is 28.2 Å². The van der Waals surface area contributed by atoms with E-state index in [1.165, 1.54) is 39.2 Å². The molecule has 3 nitrogen and oxygen atoms in total. The van der Waals surface area contributed by atoms with E-state index in [4.69, 9.17) is 4.74 Å². The number of nitrogens with one attached hydrogen (secondary N) is 1. The van der Waals surface area contributed by atoms with Gasteiger partial charge in [-0.3, -0.25) is 0 Å². The second-order valence-electron chi connectivity index (χ2n) is 4.67. The highest BCUT2D eigenvalue weighted by atomic mass is 79.9. The molecule has 0 amide bonds. The Balaban J connectivity index is 2.07. The molecule has 1 aromatic rings. The summed E-state index contributed by atoms with van der Waals surface area (Å²) in [6, 6.07) is 6.09. The molecule has 0 aromatic heterocycles. The number of hydrogen-bond acceptors (Lipinski definition) is 3. The second kappa shape index (κ2) is 6.23. The van der Waals surface area contributed by atoms with Crippen LogP contribution in [0.5, 0.6) is 0 Å². The van der Waals surface area contributed by atoms with Crippen molar-refractivity contribution in [1.82, 2.24) is 0 Å². The molecule has 1 fully saturated rings. The van der Waals surface area contributed by atoms with Gasteiger partial charge < -0.3 is 10.1 Å². The summed E-state index contributed by atoms with van der Waals surface area (Å²) in [7, 11) is 1.39. The van der Waals surface area contributed by atoms with Gasteiger partial charge in [0.1, 0.15) is 0 Å². The molecule has 1 aliphatic carbocycles. The molecular formula is C14H18BrNO2. The zero-order valence-electron chi connectivity index (χ0n) is 10.5. The summed E-state index contributed by atoms with van der Waals surface area (Å²) in [5.74, 6) is -0.306. The fourth-order valence-corrected chi connectivity index (χ4v) is 2.84. The van der Waals surface area contributed by atoms with Crippen LogP contribution in [-0.4, -0.2) is 19.1 Å². The Kier molecular flexibility index (Phi) is 4.64. The smallest absolute Gasteiger partial charge is 0.337 e. The Bertz CT molecular complexity index is 428. The Hall–Kier alpha value is -1.03. The van der Waals surface area contributed by atoms with Gasteiger partial charge in [-0.15, -0.1) is 0 Å². The van der Waals surface area contributed by atoms with Crippen LogP contribution in [-0.2, 0) is 4.74 Å². The molecule has 98 valence electrons. The van der Waals surface area contributed by atoms with E-state index in [0.29, 0.717) is 11.6 Å². The number of hydrogen-bond donors (Lipinski definition) is 1. The molecular weight excluding hydrogens is 294 g/mol. The van der Waals surface area contributed by atoms with Crippen molar-refractivity contribution in [3.8, 4) is 0 Å². The van der Waals surface area contributed by atoms with Gasteiger partial charge in [0.25, 0.3) is 0 Å². The van der Waals surface area contributed by atoms with E-state index < -0.39 is 0 Å². The van der Waals surface area contributed by atoms with Crippen LogP contribution in [0, 0.1) is 0 Å². The van der Waals surface area contributed by atoms with Gasteiger partial charge in [0, 0.05) is 16.2 Å². The molecule has 0 saturated heterocycles. The number of ether oxygens (including phenoxy) is 1. The maximum Gasteiger partial charge on any atom is 0.337 e. The van der Waals surface area contributed by atoms with Crippen molar-refractivity contribution >= 4 is 27.6 Å². The number of carbonyl (C=O) groups excluding carboxylic acids is 1. The molecule has 0 unspecified atom stereocenters. The van der Waals surface area contributed by atoms with Gasteiger partial charge in [-0.25, -0.2) is 4.79 Å². The van der Waals surface area contributed by atoms with Crippen molar-refractivity contribution in [2.24, 2.45) is 0 Å². The fourth-order valence-electron chi connectivity index (χ4n) is 2.34. The summed E-state index contributed by atoms with van der Waals surface area (Å²) in [6.07, 6.45) is 6.40. The van der Waals surface area contributed by atoms with Gasteiger partial charge in [0.05, 0.1) is 12.7 Å². The molecule has 18 heavy (non-hydrogen) atoms. The van der Waals surface area contributed by atoms with Crippen molar-refractivity contribution in [2.45, 2.75) is 38.1 Å². The zero-order chi connectivity index (χ0) is 13.0. The van der Waals surface area contributed by atoms with E-state index in [-0.39, 0.29) is 5.97 Å². The van der Waals surface area contributed by atoms with Crippen LogP contribution >= 0.6 is 15.9 Å². The monoisotopic (exact) mass is 311 g/mol. The molecule has 4 heteroatoms. The minimum absolute atomic E-state index is 0.306. The minimum Gasteiger partial charge on any atom is -0.465 e. The summed E-state index contributed by atoms with van der Waals surface area (Å²) in [4.78, 5) is 11.4. The molecule has 0 spiro atoms. The van der Waals surface area contributed by atoms with Crippen LogP contribution in [0.25, 0.3) is 0 Å². The summed E-state index contributed by atoms with van der Waals surface area (Å²) in [5.41, 5.74) is 1.62. The van der Waals surface area contributed by atoms with Crippen LogP contribution in [0.1, 0.15) is 42.5 Å². The van der Waals surface area contributed by atoms with Crippen molar-refractivity contribution in [1.29, 1.82) is 0 Å². The number of anilines is 1. The van der Waals surface area contributed by atoms with Gasteiger partial charge in [-0.2, -0.15) is 0 Å². The fraction of sp³-hybridized carbons (Fsp3) is 0.500. The number of carbonyl (C=O) groups is 1. The van der Waals surface area contributed by atoms with Gasteiger partial charge >= 0.3 is 5.97 Å². The molecule has 1 aromatic carbocycles. The highest BCUT2D eigenvalue weighted by Crippen LogP contribution is 2.28. The van der Waals surface area contributed by atoms with Gasteiger partial charge in [0.2, 0.25) is 0 Å². The zero-order valence-corrected chi connectivity index (χ0v) is 12.1. The Morgan fingerprint density at radius 2 is 2.06 bits per heavy atom. The largest absolute Gasteiger partial charge is 0.465 e. The van der Waals surface area contributed by atoms with Crippen LogP contribution in [0.3, 0.4) is 0 Å². The average molecular weight is 312 g/mol. The Labute approximate surface area is 116 Å². The number of rotatable bonds is 3. The number of benzene rings is 1. The van der Waals surface area contributed by atoms with Crippen LogP contribution < -0.4 is 5.32 Å². The third-order valence-electron chi connectivity index (χ3n) is 3.35. The van der Waals surface area contributed by atoms with E-state index in [1.807, 2.05) is 6.07 Å². The summed E-state index contributed by atoms with van der Waals surface area (Å²) >= 11 is 3.50. The van der Waals surface area contributed by atoms with Crippen molar-refractivity contribution in [3.63, 3.8) is 0 Å². The predicted octanol–water partition coefficient (Wildman–Crippen LogP) is 3.98. The van der Waals surface area contributed by atoms with E-state index >= 15 is 0 Å². The van der Waals surface area contributed by atoms with E-state index in [0.717, 1.165) is 10.2 Å². The van der Waals surface area contributed by atoms with E-state index in [2.05, 4.69) is 21.2 Å². The van der Waals surface area contributed by atoms with E-state index in [9.17, 15) is 4.79 Å². The number of methoxy groups -OCH3 is 1. The highest BCUT2D eigenvalue weighted by Gasteiger charge is 2.15. The van der Waals surface area contributed by atoms with Gasteiger partial charge in [-0.1, -0.05) is 19.3 Å². The molecule has 2 rings (SSSR count). The molecule has 0 atom stereocenters. The lowest BCUT2D eigenvalue weighted by molar-refractivity contribution is 0.0600. The first-order valence-electron chi connectivity index (χ1n) is 6.35. The standard InChI is InChI=1S/C14H18BrNO2/c1-18-14(17)10-7-8-13(12(15)9-10)16-11-5-3-2-4-6-11/h7-9,11,16H,2-6H2,1H3. The second-order valence-corrected chi connectivity index (χ2v) is 5.52. The molecule has 0 heterocycles. The van der Waals surface area contributed by atoms with Crippen LogP contribution in [0.4, 0.5) is 5.69 Å². The molecule has 1 N–H and O–H groups in total. The van der Waals surface area contributed by atoms with Gasteiger partial charge in [0.15, 0.2) is 0 Å². The predicted molar refractivity (Wildman–Crippen MR) is 76.0 cm³/mol. The molecule has 0 bridgehead atoms. The molecule has 0 radical (unpaired) electrons. The van der Waals surface area contributed by atoms with Crippen molar-refractivity contribution < 1.29 is 9.53 Å². The normalized spacial score (nSPS) is 16.3. The SMILES string of the molecule is COC(=O)c1ccc(NC2CCCCC2)c(Br)c1. The maximum absolute atomic E-state index is 11.4. The molecule has 1 aliphatic rings. The highest BCUT2D eigenvalue weighted by molar-refractivity contribution is 9.10. The third kappa shape index (κ3) is 3.25. The van der Waals surface area contributed by atoms with Crippen LogP contribution in [0.2, 0.25) is 0 Å². The quantitative estimate of drug-likeness (QED) is 0.858. The van der Waals surface area contributed by atoms with Crippen LogP contribution in [0.15, 0.2) is 22.7 Å². The summed E-state index contributed by atoms with van der Waals surface area (Å²) in [6.45, 7) is 0.